The third kappa shape index (κ3) is 3.81. The molecule has 6 heteroatoms. The summed E-state index contributed by atoms with van der Waals surface area (Å²) in [5.74, 6) is 0.411. The molecule has 0 bridgehead atoms. The predicted molar refractivity (Wildman–Crippen MR) is 96.4 cm³/mol. The lowest BCUT2D eigenvalue weighted by molar-refractivity contribution is 0.160. The zero-order chi connectivity index (χ0) is 17.1. The fourth-order valence-corrected chi connectivity index (χ4v) is 3.68. The molecule has 5 nitrogen and oxygen atoms in total. The molecule has 130 valence electrons. The zero-order valence-corrected chi connectivity index (χ0v) is 15.2. The zero-order valence-electron chi connectivity index (χ0n) is 14.4. The summed E-state index contributed by atoms with van der Waals surface area (Å²) in [7, 11) is 5.96. The maximum atomic E-state index is 6.02. The monoisotopic (exact) mass is 348 g/mol. The number of hydrogen-bond acceptors (Lipinski definition) is 4. The predicted octanol–water partition coefficient (Wildman–Crippen LogP) is 2.45. The van der Waals surface area contributed by atoms with Crippen molar-refractivity contribution in [2.45, 2.75) is 18.0 Å². The number of ether oxygens (including phenoxy) is 1. The second-order valence-electron chi connectivity index (χ2n) is 6.59. The second kappa shape index (κ2) is 7.66. The van der Waals surface area contributed by atoms with E-state index in [0.29, 0.717) is 18.6 Å². The summed E-state index contributed by atoms with van der Waals surface area (Å²) in [6.45, 7) is 2.65. The van der Waals surface area contributed by atoms with Gasteiger partial charge < -0.3 is 19.5 Å². The highest BCUT2D eigenvalue weighted by Gasteiger charge is 2.35. The van der Waals surface area contributed by atoms with Crippen LogP contribution in [0.5, 0.6) is 0 Å². The molecular weight excluding hydrogens is 324 g/mol. The van der Waals surface area contributed by atoms with Crippen LogP contribution in [0.1, 0.15) is 23.2 Å². The summed E-state index contributed by atoms with van der Waals surface area (Å²) in [6, 6.07) is 8.48. The van der Waals surface area contributed by atoms with E-state index in [2.05, 4.69) is 46.0 Å². The Bertz CT molecular complexity index is 657. The smallest absolute Gasteiger partial charge is 0.0945 e. The minimum Gasteiger partial charge on any atom is -0.383 e. The van der Waals surface area contributed by atoms with Crippen LogP contribution in [-0.2, 0) is 11.8 Å². The van der Waals surface area contributed by atoms with Crippen molar-refractivity contribution in [1.82, 2.24) is 19.8 Å². The van der Waals surface area contributed by atoms with E-state index in [1.165, 1.54) is 11.3 Å². The molecule has 1 aliphatic rings. The summed E-state index contributed by atoms with van der Waals surface area (Å²) >= 11 is 6.02. The van der Waals surface area contributed by atoms with Gasteiger partial charge in [-0.15, -0.1) is 0 Å². The van der Waals surface area contributed by atoms with E-state index < -0.39 is 0 Å². The van der Waals surface area contributed by atoms with Crippen molar-refractivity contribution >= 4 is 11.6 Å². The lowest BCUT2D eigenvalue weighted by atomic mass is 9.97. The molecular formula is C18H25ClN4O. The molecule has 0 spiro atoms. The Labute approximate surface area is 148 Å². The minimum absolute atomic E-state index is 0.138. The topological polar surface area (TPSA) is 42.3 Å². The summed E-state index contributed by atoms with van der Waals surface area (Å²) in [5, 5.41) is 4.55. The fraction of sp³-hybridized carbons (Fsp3) is 0.500. The normalized spacial score (nSPS) is 22.8. The third-order valence-electron chi connectivity index (χ3n) is 4.76. The molecule has 1 aliphatic heterocycles. The van der Waals surface area contributed by atoms with Crippen LogP contribution < -0.4 is 5.32 Å². The molecule has 1 saturated heterocycles. The molecule has 1 aromatic heterocycles. The van der Waals surface area contributed by atoms with Gasteiger partial charge in [0.05, 0.1) is 19.0 Å². The van der Waals surface area contributed by atoms with Crippen LogP contribution in [-0.4, -0.2) is 54.3 Å². The Morgan fingerprint density at radius 1 is 1.29 bits per heavy atom. The van der Waals surface area contributed by atoms with E-state index in [9.17, 15) is 0 Å². The number of aryl methyl sites for hydroxylation is 1. The molecule has 1 N–H and O–H groups in total. The first kappa shape index (κ1) is 17.4. The van der Waals surface area contributed by atoms with Crippen molar-refractivity contribution in [1.29, 1.82) is 0 Å². The molecule has 2 heterocycles. The lowest BCUT2D eigenvalue weighted by Gasteiger charge is -2.27. The van der Waals surface area contributed by atoms with Crippen molar-refractivity contribution in [3.63, 3.8) is 0 Å². The van der Waals surface area contributed by atoms with E-state index in [4.69, 9.17) is 16.3 Å². The lowest BCUT2D eigenvalue weighted by Crippen LogP contribution is -2.40. The van der Waals surface area contributed by atoms with Crippen LogP contribution in [0.3, 0.4) is 0 Å². The quantitative estimate of drug-likeness (QED) is 0.870. The van der Waals surface area contributed by atoms with Gasteiger partial charge in [0.2, 0.25) is 0 Å². The standard InChI is InChI=1S/C18H25ClN4O/c1-22-9-15(18-8-20-12-23(18)2)16(10-22)21-17(11-24-3)13-4-6-14(19)7-5-13/h4-8,12,15-17,21H,9-11H2,1-3H3/t15-,16-,17?/m1/s1. The highest BCUT2D eigenvalue weighted by atomic mass is 35.5. The van der Waals surface area contributed by atoms with Crippen LogP contribution in [0.15, 0.2) is 36.8 Å². The summed E-state index contributed by atoms with van der Waals surface area (Å²) in [6.07, 6.45) is 3.85. The average Bonchev–Trinajstić information content (AvgIpc) is 3.13. The van der Waals surface area contributed by atoms with Crippen molar-refractivity contribution < 1.29 is 4.74 Å². The maximum absolute atomic E-state index is 6.02. The first-order valence-corrected chi connectivity index (χ1v) is 8.61. The van der Waals surface area contributed by atoms with Crippen molar-refractivity contribution in [2.75, 3.05) is 33.9 Å². The van der Waals surface area contributed by atoms with E-state index >= 15 is 0 Å². The molecule has 0 amide bonds. The highest BCUT2D eigenvalue weighted by Crippen LogP contribution is 2.29. The molecule has 2 aromatic rings. The summed E-state index contributed by atoms with van der Waals surface area (Å²) in [4.78, 5) is 6.65. The molecule has 0 aliphatic carbocycles. The first-order valence-electron chi connectivity index (χ1n) is 8.23. The number of aromatic nitrogens is 2. The average molecular weight is 349 g/mol. The maximum Gasteiger partial charge on any atom is 0.0945 e. The number of likely N-dealkylation sites (tertiary alicyclic amines) is 1. The molecule has 24 heavy (non-hydrogen) atoms. The van der Waals surface area contributed by atoms with Gasteiger partial charge in [0.25, 0.3) is 0 Å². The Balaban J connectivity index is 1.80. The Hall–Kier alpha value is -1.40. The van der Waals surface area contributed by atoms with Crippen LogP contribution in [0.2, 0.25) is 5.02 Å². The van der Waals surface area contributed by atoms with Crippen LogP contribution in [0.4, 0.5) is 0 Å². The van der Waals surface area contributed by atoms with Gasteiger partial charge in [-0.1, -0.05) is 23.7 Å². The number of nitrogens with one attached hydrogen (secondary N) is 1. The molecule has 3 atom stereocenters. The van der Waals surface area contributed by atoms with Crippen LogP contribution in [0.25, 0.3) is 0 Å². The minimum atomic E-state index is 0.138. The van der Waals surface area contributed by atoms with Gasteiger partial charge in [-0.05, 0) is 24.7 Å². The van der Waals surface area contributed by atoms with Gasteiger partial charge in [-0.25, -0.2) is 4.98 Å². The molecule has 0 saturated carbocycles. The van der Waals surface area contributed by atoms with Gasteiger partial charge in [0.1, 0.15) is 0 Å². The second-order valence-corrected chi connectivity index (χ2v) is 7.03. The number of rotatable bonds is 6. The highest BCUT2D eigenvalue weighted by molar-refractivity contribution is 6.30. The fourth-order valence-electron chi connectivity index (χ4n) is 3.55. The molecule has 1 aromatic carbocycles. The number of likely N-dealkylation sites (N-methyl/N-ethyl adjacent to an activating group) is 1. The van der Waals surface area contributed by atoms with Crippen molar-refractivity contribution in [3.8, 4) is 0 Å². The number of hydrogen-bond donors (Lipinski definition) is 1. The molecule has 1 unspecified atom stereocenters. The number of halogens is 1. The number of benzene rings is 1. The van der Waals surface area contributed by atoms with Gasteiger partial charge in [0.15, 0.2) is 0 Å². The summed E-state index contributed by atoms with van der Waals surface area (Å²) < 4.78 is 7.57. The van der Waals surface area contributed by atoms with E-state index in [-0.39, 0.29) is 6.04 Å². The number of nitrogens with zero attached hydrogens (tertiary/aromatic N) is 3. The van der Waals surface area contributed by atoms with Gasteiger partial charge in [-0.2, -0.15) is 0 Å². The Morgan fingerprint density at radius 3 is 2.67 bits per heavy atom. The number of methoxy groups -OCH3 is 1. The largest absolute Gasteiger partial charge is 0.383 e. The molecule has 1 fully saturated rings. The molecule has 3 rings (SSSR count). The number of imidazole rings is 1. The van der Waals surface area contributed by atoms with E-state index in [0.717, 1.165) is 18.1 Å². The van der Waals surface area contributed by atoms with Crippen LogP contribution >= 0.6 is 11.6 Å². The molecule has 0 radical (unpaired) electrons. The summed E-state index contributed by atoms with van der Waals surface area (Å²) in [5.41, 5.74) is 2.46. The van der Waals surface area contributed by atoms with Crippen molar-refractivity contribution in [2.24, 2.45) is 7.05 Å². The van der Waals surface area contributed by atoms with E-state index in [1.54, 1.807) is 7.11 Å². The van der Waals surface area contributed by atoms with Gasteiger partial charge >= 0.3 is 0 Å². The third-order valence-corrected chi connectivity index (χ3v) is 5.01. The first-order chi connectivity index (χ1) is 11.6. The van der Waals surface area contributed by atoms with Crippen molar-refractivity contribution in [3.05, 3.63) is 53.1 Å². The van der Waals surface area contributed by atoms with Crippen LogP contribution in [0, 0.1) is 0 Å². The SMILES string of the molecule is COCC(N[C@@H]1CN(C)C[C@H]1c1cncn1C)c1ccc(Cl)cc1. The van der Waals surface area contributed by atoms with E-state index in [1.807, 2.05) is 24.7 Å². The Kier molecular flexibility index (Phi) is 5.56. The van der Waals surface area contributed by atoms with Gasteiger partial charge in [-0.3, -0.25) is 0 Å². The Morgan fingerprint density at radius 2 is 2.04 bits per heavy atom. The van der Waals surface area contributed by atoms with Gasteiger partial charge in [0, 0.05) is 56.1 Å².